The molecule has 0 bridgehead atoms. The van der Waals surface area contributed by atoms with Crippen molar-refractivity contribution in [3.05, 3.63) is 51.3 Å². The Balaban J connectivity index is 1.90. The van der Waals surface area contributed by atoms with Crippen molar-refractivity contribution in [2.75, 3.05) is 6.61 Å². The van der Waals surface area contributed by atoms with Crippen molar-refractivity contribution >= 4 is 17.6 Å². The highest BCUT2D eigenvalue weighted by molar-refractivity contribution is 5.76. The highest BCUT2D eigenvalue weighted by Crippen LogP contribution is 2.22. The quantitative estimate of drug-likeness (QED) is 0.494. The van der Waals surface area contributed by atoms with Crippen LogP contribution in [0.15, 0.2) is 24.3 Å². The molecule has 1 unspecified atom stereocenters. The van der Waals surface area contributed by atoms with Crippen LogP contribution in [-0.2, 0) is 16.1 Å². The SMILES string of the molecule is Cc1nn(CCC(=O)NC(C)c2ccc(OCC(=O)O)cc2)c(C)c1[N+](=O)[O-]. The summed E-state index contributed by atoms with van der Waals surface area (Å²) in [6.07, 6.45) is 0.128. The number of aryl methyl sites for hydroxylation is 2. The van der Waals surface area contributed by atoms with Gasteiger partial charge in [-0.05, 0) is 38.5 Å². The van der Waals surface area contributed by atoms with Gasteiger partial charge in [0.25, 0.3) is 0 Å². The fraction of sp³-hybridized carbons (Fsp3) is 0.389. The van der Waals surface area contributed by atoms with Gasteiger partial charge in [0, 0.05) is 6.42 Å². The first-order chi connectivity index (χ1) is 13.2. The number of amides is 1. The number of ether oxygens (including phenoxy) is 1. The smallest absolute Gasteiger partial charge is 0.341 e. The molecule has 10 nitrogen and oxygen atoms in total. The van der Waals surface area contributed by atoms with Crippen LogP contribution in [0.1, 0.15) is 36.3 Å². The topological polar surface area (TPSA) is 137 Å². The number of carbonyl (C=O) groups excluding carboxylic acids is 1. The second-order valence-corrected chi connectivity index (χ2v) is 6.29. The van der Waals surface area contributed by atoms with E-state index in [0.717, 1.165) is 5.56 Å². The molecule has 0 fully saturated rings. The number of carboxylic acid groups (broad SMARTS) is 1. The molecule has 1 heterocycles. The van der Waals surface area contributed by atoms with Gasteiger partial charge in [-0.15, -0.1) is 0 Å². The molecule has 2 aromatic rings. The lowest BCUT2D eigenvalue weighted by Gasteiger charge is -2.15. The minimum atomic E-state index is -1.06. The molecule has 2 N–H and O–H groups in total. The van der Waals surface area contributed by atoms with Gasteiger partial charge in [-0.1, -0.05) is 12.1 Å². The zero-order valence-corrected chi connectivity index (χ0v) is 15.8. The predicted octanol–water partition coefficient (Wildman–Crippen LogP) is 2.14. The fourth-order valence-corrected chi connectivity index (χ4v) is 2.77. The molecule has 1 aromatic heterocycles. The third-order valence-corrected chi connectivity index (χ3v) is 4.20. The predicted molar refractivity (Wildman–Crippen MR) is 99.1 cm³/mol. The van der Waals surface area contributed by atoms with Crippen LogP contribution in [-0.4, -0.2) is 38.3 Å². The molecule has 1 amide bonds. The van der Waals surface area contributed by atoms with Crippen molar-refractivity contribution in [1.29, 1.82) is 0 Å². The van der Waals surface area contributed by atoms with E-state index in [2.05, 4.69) is 10.4 Å². The van der Waals surface area contributed by atoms with E-state index in [-0.39, 0.29) is 30.6 Å². The lowest BCUT2D eigenvalue weighted by Crippen LogP contribution is -2.27. The number of rotatable bonds is 9. The number of aromatic nitrogens is 2. The van der Waals surface area contributed by atoms with Gasteiger partial charge < -0.3 is 15.2 Å². The summed E-state index contributed by atoms with van der Waals surface area (Å²) in [5, 5.41) is 26.6. The third-order valence-electron chi connectivity index (χ3n) is 4.20. The van der Waals surface area contributed by atoms with Gasteiger partial charge in [0.1, 0.15) is 17.1 Å². The average molecular weight is 390 g/mol. The Hall–Kier alpha value is -3.43. The number of nitrogens with one attached hydrogen (secondary N) is 1. The maximum absolute atomic E-state index is 12.2. The Morgan fingerprint density at radius 2 is 1.96 bits per heavy atom. The first kappa shape index (κ1) is 20.9. The summed E-state index contributed by atoms with van der Waals surface area (Å²) in [6.45, 7) is 4.80. The van der Waals surface area contributed by atoms with E-state index < -0.39 is 17.5 Å². The molecule has 0 aliphatic heterocycles. The van der Waals surface area contributed by atoms with E-state index in [1.54, 1.807) is 38.1 Å². The maximum atomic E-state index is 12.2. The fourth-order valence-electron chi connectivity index (χ4n) is 2.77. The Labute approximate surface area is 161 Å². The highest BCUT2D eigenvalue weighted by atomic mass is 16.6. The van der Waals surface area contributed by atoms with Crippen molar-refractivity contribution in [2.24, 2.45) is 0 Å². The molecule has 150 valence electrons. The van der Waals surface area contributed by atoms with Gasteiger partial charge in [0.2, 0.25) is 5.91 Å². The average Bonchev–Trinajstić information content (AvgIpc) is 2.92. The molecule has 2 rings (SSSR count). The third kappa shape index (κ3) is 5.29. The minimum absolute atomic E-state index is 0.0287. The maximum Gasteiger partial charge on any atom is 0.341 e. The summed E-state index contributed by atoms with van der Waals surface area (Å²) in [4.78, 5) is 33.3. The number of carbonyl (C=O) groups is 2. The number of carboxylic acids is 1. The Morgan fingerprint density at radius 3 is 2.50 bits per heavy atom. The summed E-state index contributed by atoms with van der Waals surface area (Å²) in [6, 6.07) is 6.49. The molecule has 0 radical (unpaired) electrons. The molecule has 0 aliphatic carbocycles. The molecule has 10 heteroatoms. The zero-order chi connectivity index (χ0) is 20.8. The van der Waals surface area contributed by atoms with Crippen molar-refractivity contribution in [3.8, 4) is 5.75 Å². The van der Waals surface area contributed by atoms with Gasteiger partial charge in [0.15, 0.2) is 6.61 Å². The number of nitro groups is 1. The van der Waals surface area contributed by atoms with Crippen molar-refractivity contribution in [1.82, 2.24) is 15.1 Å². The largest absolute Gasteiger partial charge is 0.482 e. The minimum Gasteiger partial charge on any atom is -0.482 e. The van der Waals surface area contributed by atoms with Crippen molar-refractivity contribution in [3.63, 3.8) is 0 Å². The normalized spacial score (nSPS) is 11.7. The van der Waals surface area contributed by atoms with E-state index in [1.165, 1.54) is 4.68 Å². The first-order valence-electron chi connectivity index (χ1n) is 8.61. The van der Waals surface area contributed by atoms with Gasteiger partial charge in [0.05, 0.1) is 17.5 Å². The summed E-state index contributed by atoms with van der Waals surface area (Å²) in [5.74, 6) is -0.845. The Bertz CT molecular complexity index is 875. The molecular formula is C18H22N4O6. The Morgan fingerprint density at radius 1 is 1.32 bits per heavy atom. The number of nitrogens with zero attached hydrogens (tertiary/aromatic N) is 3. The van der Waals surface area contributed by atoms with E-state index in [9.17, 15) is 19.7 Å². The van der Waals surface area contributed by atoms with E-state index >= 15 is 0 Å². The first-order valence-corrected chi connectivity index (χ1v) is 8.61. The van der Waals surface area contributed by atoms with E-state index in [1.807, 2.05) is 6.92 Å². The highest BCUT2D eigenvalue weighted by Gasteiger charge is 2.22. The van der Waals surface area contributed by atoms with E-state index in [4.69, 9.17) is 9.84 Å². The van der Waals surface area contributed by atoms with Crippen LogP contribution in [0.25, 0.3) is 0 Å². The van der Waals surface area contributed by atoms with Gasteiger partial charge >= 0.3 is 11.7 Å². The number of hydrogen-bond acceptors (Lipinski definition) is 6. The molecule has 0 saturated heterocycles. The second kappa shape index (κ2) is 8.98. The second-order valence-electron chi connectivity index (χ2n) is 6.29. The van der Waals surface area contributed by atoms with Crippen LogP contribution < -0.4 is 10.1 Å². The monoisotopic (exact) mass is 390 g/mol. The molecule has 1 atom stereocenters. The van der Waals surface area contributed by atoms with Crippen molar-refractivity contribution < 1.29 is 24.4 Å². The van der Waals surface area contributed by atoms with Crippen LogP contribution in [0.3, 0.4) is 0 Å². The van der Waals surface area contributed by atoms with Crippen LogP contribution in [0.5, 0.6) is 5.75 Å². The Kier molecular flexibility index (Phi) is 6.69. The van der Waals surface area contributed by atoms with Crippen LogP contribution in [0.2, 0.25) is 0 Å². The van der Waals surface area contributed by atoms with Gasteiger partial charge in [-0.3, -0.25) is 19.6 Å². The molecule has 28 heavy (non-hydrogen) atoms. The van der Waals surface area contributed by atoms with Gasteiger partial charge in [-0.2, -0.15) is 5.10 Å². The lowest BCUT2D eigenvalue weighted by molar-refractivity contribution is -0.386. The van der Waals surface area contributed by atoms with Crippen LogP contribution in [0, 0.1) is 24.0 Å². The molecule has 0 saturated carbocycles. The van der Waals surface area contributed by atoms with Crippen molar-refractivity contribution in [2.45, 2.75) is 39.8 Å². The zero-order valence-electron chi connectivity index (χ0n) is 15.8. The van der Waals surface area contributed by atoms with Gasteiger partial charge in [-0.25, -0.2) is 4.79 Å². The summed E-state index contributed by atoms with van der Waals surface area (Å²) in [5.41, 5.74) is 1.54. The lowest BCUT2D eigenvalue weighted by atomic mass is 10.1. The number of hydrogen-bond donors (Lipinski definition) is 2. The summed E-state index contributed by atoms with van der Waals surface area (Å²) in [7, 11) is 0. The molecule has 0 spiro atoms. The number of benzene rings is 1. The number of aliphatic carboxylic acids is 1. The standard InChI is InChI=1S/C18H22N4O6/c1-11(14-4-6-15(7-5-14)28-10-17(24)25)19-16(23)8-9-21-13(3)18(22(26)27)12(2)20-21/h4-7,11H,8-10H2,1-3H3,(H,19,23)(H,24,25). The van der Waals surface area contributed by atoms with E-state index in [0.29, 0.717) is 17.1 Å². The molecular weight excluding hydrogens is 368 g/mol. The summed E-state index contributed by atoms with van der Waals surface area (Å²) >= 11 is 0. The van der Waals surface area contributed by atoms with Crippen LogP contribution in [0.4, 0.5) is 5.69 Å². The molecule has 0 aliphatic rings. The van der Waals surface area contributed by atoms with Crippen LogP contribution >= 0.6 is 0 Å². The summed E-state index contributed by atoms with van der Waals surface area (Å²) < 4.78 is 6.53. The molecule has 1 aromatic carbocycles.